The predicted octanol–water partition coefficient (Wildman–Crippen LogP) is 3.12. The Morgan fingerprint density at radius 2 is 2.29 bits per heavy atom. The molecule has 0 bridgehead atoms. The van der Waals surface area contributed by atoms with E-state index < -0.39 is 0 Å². The molecule has 1 aromatic heterocycles. The Hall–Kier alpha value is -0.760. The van der Waals surface area contributed by atoms with E-state index in [1.165, 1.54) is 11.5 Å². The SMILES string of the molecule is Cc1snc2c(I)cc([N+](=O)[O-])cc12. The molecule has 0 aliphatic heterocycles. The first-order chi connectivity index (χ1) is 6.59. The monoisotopic (exact) mass is 320 g/mol. The minimum absolute atomic E-state index is 0.130. The van der Waals surface area contributed by atoms with Crippen LogP contribution in [0, 0.1) is 20.6 Å². The number of hydrogen-bond donors (Lipinski definition) is 0. The Morgan fingerprint density at radius 1 is 1.57 bits per heavy atom. The Bertz CT molecular complexity index is 523. The van der Waals surface area contributed by atoms with Gasteiger partial charge in [-0.15, -0.1) is 0 Å². The third-order valence-electron chi connectivity index (χ3n) is 1.91. The second kappa shape index (κ2) is 3.43. The van der Waals surface area contributed by atoms with Gasteiger partial charge in [0.2, 0.25) is 0 Å². The standard InChI is InChI=1S/C8H5IN2O2S/c1-4-6-2-5(11(12)13)3-7(9)8(6)10-14-4/h2-3H,1H3. The lowest BCUT2D eigenvalue weighted by atomic mass is 10.2. The molecule has 14 heavy (non-hydrogen) atoms. The molecule has 0 unspecified atom stereocenters. The molecule has 2 rings (SSSR count). The van der Waals surface area contributed by atoms with Crippen LogP contribution in [0.2, 0.25) is 0 Å². The molecule has 6 heteroatoms. The van der Waals surface area contributed by atoms with Crippen molar-refractivity contribution in [3.05, 3.63) is 30.7 Å². The molecule has 1 aromatic carbocycles. The van der Waals surface area contributed by atoms with Gasteiger partial charge < -0.3 is 0 Å². The van der Waals surface area contributed by atoms with E-state index in [1.807, 2.05) is 6.92 Å². The molecule has 0 N–H and O–H groups in total. The van der Waals surface area contributed by atoms with E-state index in [-0.39, 0.29) is 10.6 Å². The van der Waals surface area contributed by atoms with Crippen LogP contribution in [-0.2, 0) is 0 Å². The first-order valence-corrected chi connectivity index (χ1v) is 5.64. The number of nitrogens with zero attached hydrogens (tertiary/aromatic N) is 2. The van der Waals surface area contributed by atoms with Crippen molar-refractivity contribution in [3.63, 3.8) is 0 Å². The van der Waals surface area contributed by atoms with Gasteiger partial charge in [0.25, 0.3) is 5.69 Å². The second-order valence-electron chi connectivity index (χ2n) is 2.82. The van der Waals surface area contributed by atoms with Gasteiger partial charge in [0.15, 0.2) is 0 Å². The maximum atomic E-state index is 10.6. The van der Waals surface area contributed by atoms with E-state index in [0.29, 0.717) is 0 Å². The quantitative estimate of drug-likeness (QED) is 0.461. The van der Waals surface area contributed by atoms with E-state index in [1.54, 1.807) is 12.1 Å². The molecule has 0 aliphatic rings. The summed E-state index contributed by atoms with van der Waals surface area (Å²) in [4.78, 5) is 11.3. The van der Waals surface area contributed by atoms with Gasteiger partial charge in [0.05, 0.1) is 10.4 Å². The maximum Gasteiger partial charge on any atom is 0.271 e. The highest BCUT2D eigenvalue weighted by Gasteiger charge is 2.13. The molecule has 2 aromatic rings. The molecule has 0 amide bonds. The van der Waals surface area contributed by atoms with E-state index >= 15 is 0 Å². The molecule has 4 nitrogen and oxygen atoms in total. The number of rotatable bonds is 1. The zero-order valence-corrected chi connectivity index (χ0v) is 10.1. The zero-order valence-electron chi connectivity index (χ0n) is 7.15. The number of halogens is 1. The van der Waals surface area contributed by atoms with Crippen LogP contribution in [0.5, 0.6) is 0 Å². The first-order valence-electron chi connectivity index (χ1n) is 3.79. The number of nitro groups is 1. The van der Waals surface area contributed by atoms with E-state index in [9.17, 15) is 10.1 Å². The number of fused-ring (bicyclic) bond motifs is 1. The van der Waals surface area contributed by atoms with Crippen LogP contribution < -0.4 is 0 Å². The van der Waals surface area contributed by atoms with Crippen LogP contribution in [0.4, 0.5) is 5.69 Å². The minimum atomic E-state index is -0.376. The number of aryl methyl sites for hydroxylation is 1. The molecule has 0 atom stereocenters. The first kappa shape index (κ1) is 9.78. The molecule has 0 saturated carbocycles. The van der Waals surface area contributed by atoms with Crippen molar-refractivity contribution in [2.45, 2.75) is 6.92 Å². The highest BCUT2D eigenvalue weighted by Crippen LogP contribution is 2.29. The summed E-state index contributed by atoms with van der Waals surface area (Å²) < 4.78 is 5.06. The summed E-state index contributed by atoms with van der Waals surface area (Å²) >= 11 is 3.44. The minimum Gasteiger partial charge on any atom is -0.258 e. The largest absolute Gasteiger partial charge is 0.271 e. The normalized spacial score (nSPS) is 10.7. The topological polar surface area (TPSA) is 56.0 Å². The van der Waals surface area contributed by atoms with Gasteiger partial charge in [0.1, 0.15) is 0 Å². The van der Waals surface area contributed by atoms with Crippen molar-refractivity contribution < 1.29 is 4.92 Å². The number of hydrogen-bond acceptors (Lipinski definition) is 4. The number of aromatic nitrogens is 1. The van der Waals surface area contributed by atoms with Gasteiger partial charge in [0, 0.05) is 26.0 Å². The molecule has 0 aliphatic carbocycles. The number of benzene rings is 1. The fourth-order valence-electron chi connectivity index (χ4n) is 1.21. The summed E-state index contributed by atoms with van der Waals surface area (Å²) in [6, 6.07) is 3.12. The lowest BCUT2D eigenvalue weighted by Crippen LogP contribution is -1.89. The van der Waals surface area contributed by atoms with Crippen molar-refractivity contribution in [1.82, 2.24) is 4.37 Å². The van der Waals surface area contributed by atoms with E-state index in [2.05, 4.69) is 27.0 Å². The van der Waals surface area contributed by atoms with Crippen LogP contribution >= 0.6 is 34.1 Å². The van der Waals surface area contributed by atoms with Gasteiger partial charge in [-0.2, -0.15) is 4.37 Å². The maximum absolute atomic E-state index is 10.6. The predicted molar refractivity (Wildman–Crippen MR) is 63.7 cm³/mol. The fourth-order valence-corrected chi connectivity index (χ4v) is 2.79. The third-order valence-corrected chi connectivity index (χ3v) is 3.50. The Kier molecular flexibility index (Phi) is 2.40. The van der Waals surface area contributed by atoms with Gasteiger partial charge in [-0.3, -0.25) is 10.1 Å². The van der Waals surface area contributed by atoms with Crippen LogP contribution in [-0.4, -0.2) is 9.30 Å². The average molecular weight is 320 g/mol. The van der Waals surface area contributed by atoms with Gasteiger partial charge >= 0.3 is 0 Å². The van der Waals surface area contributed by atoms with Crippen molar-refractivity contribution in [2.75, 3.05) is 0 Å². The molecular formula is C8H5IN2O2S. The summed E-state index contributed by atoms with van der Waals surface area (Å²) in [5, 5.41) is 11.5. The molecule has 0 fully saturated rings. The van der Waals surface area contributed by atoms with Crippen molar-refractivity contribution in [2.24, 2.45) is 0 Å². The molecule has 0 spiro atoms. The van der Waals surface area contributed by atoms with Crippen molar-refractivity contribution in [3.8, 4) is 0 Å². The average Bonchev–Trinajstić information content (AvgIpc) is 2.48. The lowest BCUT2D eigenvalue weighted by molar-refractivity contribution is -0.384. The van der Waals surface area contributed by atoms with Crippen LogP contribution in [0.1, 0.15) is 4.88 Å². The van der Waals surface area contributed by atoms with Crippen LogP contribution in [0.15, 0.2) is 12.1 Å². The van der Waals surface area contributed by atoms with Gasteiger partial charge in [-0.25, -0.2) is 0 Å². The molecule has 0 radical (unpaired) electrons. The van der Waals surface area contributed by atoms with Crippen molar-refractivity contribution in [1.29, 1.82) is 0 Å². The van der Waals surface area contributed by atoms with Gasteiger partial charge in [-0.05, 0) is 41.0 Å². The van der Waals surface area contributed by atoms with E-state index in [0.717, 1.165) is 19.4 Å². The number of non-ortho nitro benzene ring substituents is 1. The third kappa shape index (κ3) is 1.48. The molecule has 72 valence electrons. The summed E-state index contributed by atoms with van der Waals surface area (Å²) in [5.41, 5.74) is 0.990. The molecular weight excluding hydrogens is 315 g/mol. The Balaban J connectivity index is 2.82. The fraction of sp³-hybridized carbons (Fsp3) is 0.125. The summed E-state index contributed by atoms with van der Waals surface area (Å²) in [6.45, 7) is 1.92. The molecule has 0 saturated heterocycles. The Morgan fingerprint density at radius 3 is 2.93 bits per heavy atom. The number of nitro benzene ring substituents is 1. The van der Waals surface area contributed by atoms with Crippen molar-refractivity contribution >= 4 is 50.7 Å². The second-order valence-corrected chi connectivity index (χ2v) is 4.96. The Labute approximate surface area is 97.4 Å². The molecule has 1 heterocycles. The smallest absolute Gasteiger partial charge is 0.258 e. The van der Waals surface area contributed by atoms with E-state index in [4.69, 9.17) is 0 Å². The van der Waals surface area contributed by atoms with Crippen LogP contribution in [0.25, 0.3) is 10.9 Å². The summed E-state index contributed by atoms with van der Waals surface area (Å²) in [7, 11) is 0. The summed E-state index contributed by atoms with van der Waals surface area (Å²) in [6.07, 6.45) is 0. The lowest BCUT2D eigenvalue weighted by Gasteiger charge is -1.95. The highest BCUT2D eigenvalue weighted by atomic mass is 127. The highest BCUT2D eigenvalue weighted by molar-refractivity contribution is 14.1. The zero-order chi connectivity index (χ0) is 10.3. The van der Waals surface area contributed by atoms with Gasteiger partial charge in [-0.1, -0.05) is 0 Å². The van der Waals surface area contributed by atoms with Crippen LogP contribution in [0.3, 0.4) is 0 Å². The summed E-state index contributed by atoms with van der Waals surface area (Å²) in [5.74, 6) is 0.